The van der Waals surface area contributed by atoms with Crippen LogP contribution >= 0.6 is 0 Å². The van der Waals surface area contributed by atoms with E-state index in [4.69, 9.17) is 11.0 Å². The highest BCUT2D eigenvalue weighted by molar-refractivity contribution is 5.81. The number of nitriles is 1. The van der Waals surface area contributed by atoms with Gasteiger partial charge in [0.1, 0.15) is 6.07 Å². The minimum atomic E-state index is -0.0496. The maximum Gasteiger partial charge on any atom is 0.239 e. The van der Waals surface area contributed by atoms with Gasteiger partial charge in [0.15, 0.2) is 0 Å². The molecule has 18 heavy (non-hydrogen) atoms. The third-order valence-electron chi connectivity index (χ3n) is 2.63. The summed E-state index contributed by atoms with van der Waals surface area (Å²) in [6.45, 7) is 3.10. The molecule has 0 bridgehead atoms. The van der Waals surface area contributed by atoms with Gasteiger partial charge in [-0.2, -0.15) is 5.26 Å². The largest absolute Gasteiger partial charge is 0.398 e. The zero-order valence-corrected chi connectivity index (χ0v) is 10.7. The van der Waals surface area contributed by atoms with Crippen molar-refractivity contribution >= 4 is 17.3 Å². The molecule has 0 heterocycles. The van der Waals surface area contributed by atoms with Crippen LogP contribution in [0.1, 0.15) is 18.9 Å². The summed E-state index contributed by atoms with van der Waals surface area (Å²) < 4.78 is 0. The monoisotopic (exact) mass is 246 g/mol. The smallest absolute Gasteiger partial charge is 0.239 e. The van der Waals surface area contributed by atoms with E-state index in [1.54, 1.807) is 19.2 Å². The van der Waals surface area contributed by atoms with Crippen molar-refractivity contribution in [3.8, 4) is 6.07 Å². The van der Waals surface area contributed by atoms with E-state index in [0.717, 1.165) is 18.7 Å². The van der Waals surface area contributed by atoms with Crippen LogP contribution in [0.2, 0.25) is 0 Å². The van der Waals surface area contributed by atoms with Gasteiger partial charge in [-0.05, 0) is 24.6 Å². The number of benzene rings is 1. The Morgan fingerprint density at radius 1 is 1.56 bits per heavy atom. The molecular weight excluding hydrogens is 228 g/mol. The van der Waals surface area contributed by atoms with Gasteiger partial charge < -0.3 is 16.0 Å². The van der Waals surface area contributed by atoms with E-state index in [2.05, 4.69) is 5.32 Å². The Morgan fingerprint density at radius 2 is 2.28 bits per heavy atom. The lowest BCUT2D eigenvalue weighted by atomic mass is 10.1. The highest BCUT2D eigenvalue weighted by atomic mass is 16.1. The summed E-state index contributed by atoms with van der Waals surface area (Å²) in [6, 6.07) is 7.25. The average Bonchev–Trinajstić information content (AvgIpc) is 2.38. The Bertz CT molecular complexity index is 465. The van der Waals surface area contributed by atoms with Crippen molar-refractivity contribution in [2.45, 2.75) is 13.3 Å². The topological polar surface area (TPSA) is 82.2 Å². The maximum atomic E-state index is 11.4. The molecule has 0 saturated carbocycles. The Balaban J connectivity index is 2.95. The van der Waals surface area contributed by atoms with Crippen LogP contribution in [0, 0.1) is 11.3 Å². The Kier molecular flexibility index (Phi) is 5.00. The summed E-state index contributed by atoms with van der Waals surface area (Å²) in [5, 5.41) is 11.4. The van der Waals surface area contributed by atoms with Gasteiger partial charge in [-0.3, -0.25) is 4.79 Å². The predicted octanol–water partition coefficient (Wildman–Crippen LogP) is 1.10. The van der Waals surface area contributed by atoms with Gasteiger partial charge in [0.25, 0.3) is 0 Å². The first-order chi connectivity index (χ1) is 8.62. The Hall–Kier alpha value is -2.22. The number of amides is 1. The minimum Gasteiger partial charge on any atom is -0.398 e. The highest BCUT2D eigenvalue weighted by Gasteiger charge is 2.11. The van der Waals surface area contributed by atoms with Gasteiger partial charge in [-0.15, -0.1) is 0 Å². The summed E-state index contributed by atoms with van der Waals surface area (Å²) >= 11 is 0. The van der Waals surface area contributed by atoms with Crippen LogP contribution in [0.15, 0.2) is 18.2 Å². The molecule has 0 fully saturated rings. The van der Waals surface area contributed by atoms with E-state index in [1.807, 2.05) is 24.0 Å². The molecule has 5 nitrogen and oxygen atoms in total. The van der Waals surface area contributed by atoms with Gasteiger partial charge in [-0.1, -0.05) is 6.92 Å². The molecule has 0 spiro atoms. The number of likely N-dealkylation sites (N-methyl/N-ethyl adjacent to an activating group) is 1. The van der Waals surface area contributed by atoms with Crippen LogP contribution in [0.4, 0.5) is 11.4 Å². The number of carbonyl (C=O) groups excluding carboxylic acids is 1. The molecule has 0 aromatic heterocycles. The molecule has 96 valence electrons. The van der Waals surface area contributed by atoms with Gasteiger partial charge >= 0.3 is 0 Å². The number of carbonyl (C=O) groups is 1. The van der Waals surface area contributed by atoms with Crippen molar-refractivity contribution in [2.24, 2.45) is 0 Å². The quantitative estimate of drug-likeness (QED) is 0.762. The standard InChI is InChI=1S/C13H18N4O/c1-3-6-17(9-13(18)16-2)11-5-4-10(8-14)12(15)7-11/h4-5,7H,3,6,9,15H2,1-2H3,(H,16,18). The fourth-order valence-corrected chi connectivity index (χ4v) is 1.67. The number of nitrogens with two attached hydrogens (primary N) is 1. The van der Waals surface area contributed by atoms with Gasteiger partial charge in [0.05, 0.1) is 17.8 Å². The molecule has 0 aliphatic heterocycles. The molecule has 3 N–H and O–H groups in total. The summed E-state index contributed by atoms with van der Waals surface area (Å²) in [7, 11) is 1.61. The number of nitrogen functional groups attached to an aromatic ring is 1. The van der Waals surface area contributed by atoms with Crippen LogP contribution in [0.5, 0.6) is 0 Å². The fraction of sp³-hybridized carbons (Fsp3) is 0.385. The maximum absolute atomic E-state index is 11.4. The predicted molar refractivity (Wildman–Crippen MR) is 72.1 cm³/mol. The number of nitrogens with one attached hydrogen (secondary N) is 1. The van der Waals surface area contributed by atoms with Gasteiger partial charge in [0, 0.05) is 19.3 Å². The van der Waals surface area contributed by atoms with E-state index in [9.17, 15) is 4.79 Å². The zero-order valence-electron chi connectivity index (χ0n) is 10.7. The number of nitrogens with zero attached hydrogens (tertiary/aromatic N) is 2. The molecule has 0 atom stereocenters. The fourth-order valence-electron chi connectivity index (χ4n) is 1.67. The molecule has 5 heteroatoms. The lowest BCUT2D eigenvalue weighted by molar-refractivity contribution is -0.119. The summed E-state index contributed by atoms with van der Waals surface area (Å²) in [5.41, 5.74) is 7.53. The van der Waals surface area contributed by atoms with Crippen molar-refractivity contribution in [3.05, 3.63) is 23.8 Å². The number of rotatable bonds is 5. The lowest BCUT2D eigenvalue weighted by Gasteiger charge is -2.23. The number of anilines is 2. The molecule has 1 rings (SSSR count). The number of hydrogen-bond acceptors (Lipinski definition) is 4. The molecular formula is C13H18N4O. The van der Waals surface area contributed by atoms with E-state index in [-0.39, 0.29) is 12.5 Å². The van der Waals surface area contributed by atoms with Crippen molar-refractivity contribution in [1.29, 1.82) is 5.26 Å². The second-order valence-corrected chi connectivity index (χ2v) is 3.98. The Morgan fingerprint density at radius 3 is 2.78 bits per heavy atom. The SMILES string of the molecule is CCCN(CC(=O)NC)c1ccc(C#N)c(N)c1. The third kappa shape index (κ3) is 3.39. The molecule has 0 aliphatic carbocycles. The summed E-state index contributed by atoms with van der Waals surface area (Å²) in [5.74, 6) is -0.0496. The van der Waals surface area contributed by atoms with E-state index in [1.165, 1.54) is 0 Å². The van der Waals surface area contributed by atoms with Crippen molar-refractivity contribution in [1.82, 2.24) is 5.32 Å². The van der Waals surface area contributed by atoms with Crippen molar-refractivity contribution in [2.75, 3.05) is 30.8 Å². The molecule has 1 aromatic rings. The van der Waals surface area contributed by atoms with E-state index >= 15 is 0 Å². The van der Waals surface area contributed by atoms with Crippen LogP contribution in [-0.2, 0) is 4.79 Å². The molecule has 1 amide bonds. The second-order valence-electron chi connectivity index (χ2n) is 3.98. The summed E-state index contributed by atoms with van der Waals surface area (Å²) in [4.78, 5) is 13.4. The van der Waals surface area contributed by atoms with E-state index < -0.39 is 0 Å². The lowest BCUT2D eigenvalue weighted by Crippen LogP contribution is -2.36. The average molecular weight is 246 g/mol. The Labute approximate surface area is 107 Å². The molecule has 1 aromatic carbocycles. The second kappa shape index (κ2) is 6.50. The molecule has 0 radical (unpaired) electrons. The van der Waals surface area contributed by atoms with Crippen molar-refractivity contribution in [3.63, 3.8) is 0 Å². The molecule has 0 saturated heterocycles. The molecule has 0 unspecified atom stereocenters. The number of hydrogen-bond donors (Lipinski definition) is 2. The van der Waals surface area contributed by atoms with Crippen LogP contribution in [-0.4, -0.2) is 26.0 Å². The zero-order chi connectivity index (χ0) is 13.5. The highest BCUT2D eigenvalue weighted by Crippen LogP contribution is 2.21. The first-order valence-corrected chi connectivity index (χ1v) is 5.87. The molecule has 0 aliphatic rings. The van der Waals surface area contributed by atoms with Crippen LogP contribution in [0.25, 0.3) is 0 Å². The first kappa shape index (κ1) is 13.8. The van der Waals surface area contributed by atoms with Crippen LogP contribution < -0.4 is 16.0 Å². The summed E-state index contributed by atoms with van der Waals surface area (Å²) in [6.07, 6.45) is 0.927. The normalized spacial score (nSPS) is 9.61. The first-order valence-electron chi connectivity index (χ1n) is 5.87. The van der Waals surface area contributed by atoms with Gasteiger partial charge in [-0.25, -0.2) is 0 Å². The van der Waals surface area contributed by atoms with Crippen LogP contribution in [0.3, 0.4) is 0 Å². The van der Waals surface area contributed by atoms with Gasteiger partial charge in [0.2, 0.25) is 5.91 Å². The van der Waals surface area contributed by atoms with E-state index in [0.29, 0.717) is 11.3 Å². The third-order valence-corrected chi connectivity index (χ3v) is 2.63. The minimum absolute atomic E-state index is 0.0496. The van der Waals surface area contributed by atoms with Crippen molar-refractivity contribution < 1.29 is 4.79 Å².